The standard InChI is InChI=1S/C19H23NO4/c1-21-13-5-6-14-12(9-13)7-8-20-19(14)15-10-17(23-3)18(24-4)11-16(15)22-2/h5-6,9-11,19-20H,7-8H2,1-4H3. The van der Waals surface area contributed by atoms with Gasteiger partial charge in [0.25, 0.3) is 0 Å². The summed E-state index contributed by atoms with van der Waals surface area (Å²) in [7, 11) is 6.62. The molecule has 1 N–H and O–H groups in total. The molecule has 0 saturated heterocycles. The number of methoxy groups -OCH3 is 4. The summed E-state index contributed by atoms with van der Waals surface area (Å²) in [5.74, 6) is 3.00. The van der Waals surface area contributed by atoms with Gasteiger partial charge >= 0.3 is 0 Å². The van der Waals surface area contributed by atoms with E-state index in [1.165, 1.54) is 11.1 Å². The van der Waals surface area contributed by atoms with Gasteiger partial charge < -0.3 is 24.3 Å². The second kappa shape index (κ2) is 7.01. The summed E-state index contributed by atoms with van der Waals surface area (Å²) in [6.07, 6.45) is 0.971. The molecule has 0 aliphatic carbocycles. The van der Waals surface area contributed by atoms with Gasteiger partial charge in [-0.15, -0.1) is 0 Å². The van der Waals surface area contributed by atoms with Crippen LogP contribution in [0.2, 0.25) is 0 Å². The quantitative estimate of drug-likeness (QED) is 0.914. The third kappa shape index (κ3) is 2.87. The Morgan fingerprint density at radius 3 is 2.17 bits per heavy atom. The van der Waals surface area contributed by atoms with Gasteiger partial charge in [-0.05, 0) is 35.7 Å². The third-order valence-corrected chi connectivity index (χ3v) is 4.45. The molecule has 1 aliphatic heterocycles. The first-order chi connectivity index (χ1) is 11.7. The second-order valence-corrected chi connectivity index (χ2v) is 5.65. The summed E-state index contributed by atoms with van der Waals surface area (Å²) < 4.78 is 21.8. The Balaban J connectivity index is 2.10. The molecule has 1 unspecified atom stereocenters. The molecule has 1 aliphatic rings. The molecule has 0 bridgehead atoms. The molecule has 24 heavy (non-hydrogen) atoms. The average Bonchev–Trinajstić information content (AvgIpc) is 2.65. The first-order valence-corrected chi connectivity index (χ1v) is 7.92. The summed E-state index contributed by atoms with van der Waals surface area (Å²) in [5, 5.41) is 3.58. The van der Waals surface area contributed by atoms with Crippen LogP contribution in [0.3, 0.4) is 0 Å². The van der Waals surface area contributed by atoms with Gasteiger partial charge in [0.2, 0.25) is 0 Å². The Bertz CT molecular complexity index is 730. The average molecular weight is 329 g/mol. The van der Waals surface area contributed by atoms with Crippen LogP contribution in [0.5, 0.6) is 23.0 Å². The number of benzene rings is 2. The molecule has 0 radical (unpaired) electrons. The molecule has 2 aromatic carbocycles. The van der Waals surface area contributed by atoms with Crippen molar-refractivity contribution in [1.29, 1.82) is 0 Å². The lowest BCUT2D eigenvalue weighted by atomic mass is 9.89. The van der Waals surface area contributed by atoms with E-state index in [9.17, 15) is 0 Å². The largest absolute Gasteiger partial charge is 0.497 e. The van der Waals surface area contributed by atoms with Crippen LogP contribution >= 0.6 is 0 Å². The molecule has 2 aromatic rings. The van der Waals surface area contributed by atoms with Crippen LogP contribution in [-0.4, -0.2) is 35.0 Å². The smallest absolute Gasteiger partial charge is 0.164 e. The zero-order valence-electron chi connectivity index (χ0n) is 14.5. The molecule has 3 rings (SSSR count). The molecule has 1 atom stereocenters. The molecule has 0 amide bonds. The van der Waals surface area contributed by atoms with Crippen molar-refractivity contribution in [2.75, 3.05) is 35.0 Å². The predicted octanol–water partition coefficient (Wildman–Crippen LogP) is 2.96. The first-order valence-electron chi connectivity index (χ1n) is 7.92. The van der Waals surface area contributed by atoms with Crippen molar-refractivity contribution in [2.45, 2.75) is 12.5 Å². The van der Waals surface area contributed by atoms with Crippen LogP contribution < -0.4 is 24.3 Å². The zero-order valence-corrected chi connectivity index (χ0v) is 14.5. The van der Waals surface area contributed by atoms with Crippen molar-refractivity contribution in [2.24, 2.45) is 0 Å². The Hall–Kier alpha value is -2.40. The lowest BCUT2D eigenvalue weighted by molar-refractivity contribution is 0.345. The monoisotopic (exact) mass is 329 g/mol. The van der Waals surface area contributed by atoms with Crippen LogP contribution in [-0.2, 0) is 6.42 Å². The predicted molar refractivity (Wildman–Crippen MR) is 92.6 cm³/mol. The van der Waals surface area contributed by atoms with E-state index >= 15 is 0 Å². The minimum Gasteiger partial charge on any atom is -0.497 e. The van der Waals surface area contributed by atoms with Gasteiger partial charge in [-0.3, -0.25) is 0 Å². The number of fused-ring (bicyclic) bond motifs is 1. The lowest BCUT2D eigenvalue weighted by Crippen LogP contribution is -2.30. The SMILES string of the molecule is COc1ccc2c(c1)CCNC2c1cc(OC)c(OC)cc1OC. The minimum absolute atomic E-state index is 0.0365. The Morgan fingerprint density at radius 2 is 1.50 bits per heavy atom. The molecule has 0 aromatic heterocycles. The van der Waals surface area contributed by atoms with Gasteiger partial charge in [-0.1, -0.05) is 6.07 Å². The molecule has 128 valence electrons. The van der Waals surface area contributed by atoms with Gasteiger partial charge in [-0.2, -0.15) is 0 Å². The Morgan fingerprint density at radius 1 is 0.792 bits per heavy atom. The second-order valence-electron chi connectivity index (χ2n) is 5.65. The van der Waals surface area contributed by atoms with Crippen molar-refractivity contribution in [3.8, 4) is 23.0 Å². The zero-order chi connectivity index (χ0) is 17.1. The van der Waals surface area contributed by atoms with Gasteiger partial charge in [0.15, 0.2) is 11.5 Å². The maximum Gasteiger partial charge on any atom is 0.164 e. The maximum atomic E-state index is 5.60. The lowest BCUT2D eigenvalue weighted by Gasteiger charge is -2.29. The number of hydrogen-bond donors (Lipinski definition) is 1. The maximum absolute atomic E-state index is 5.60. The summed E-state index contributed by atoms with van der Waals surface area (Å²) in [4.78, 5) is 0. The topological polar surface area (TPSA) is 49.0 Å². The summed E-state index contributed by atoms with van der Waals surface area (Å²) in [5.41, 5.74) is 3.55. The fourth-order valence-corrected chi connectivity index (χ4v) is 3.22. The molecular formula is C19H23NO4. The van der Waals surface area contributed by atoms with E-state index in [1.54, 1.807) is 28.4 Å². The van der Waals surface area contributed by atoms with E-state index in [-0.39, 0.29) is 6.04 Å². The van der Waals surface area contributed by atoms with E-state index in [0.29, 0.717) is 11.5 Å². The highest BCUT2D eigenvalue weighted by Crippen LogP contribution is 2.41. The van der Waals surface area contributed by atoms with E-state index in [2.05, 4.69) is 17.4 Å². The number of nitrogens with one attached hydrogen (secondary N) is 1. The van der Waals surface area contributed by atoms with Crippen LogP contribution in [0, 0.1) is 0 Å². The molecule has 0 saturated carbocycles. The highest BCUT2D eigenvalue weighted by molar-refractivity contribution is 5.55. The van der Waals surface area contributed by atoms with Crippen molar-refractivity contribution >= 4 is 0 Å². The van der Waals surface area contributed by atoms with Crippen molar-refractivity contribution < 1.29 is 18.9 Å². The normalized spacial score (nSPS) is 16.2. The van der Waals surface area contributed by atoms with Gasteiger partial charge in [0.1, 0.15) is 11.5 Å². The molecule has 0 spiro atoms. The van der Waals surface area contributed by atoms with E-state index in [1.807, 2.05) is 18.2 Å². The van der Waals surface area contributed by atoms with Crippen molar-refractivity contribution in [3.05, 3.63) is 47.0 Å². The number of rotatable bonds is 5. The fourth-order valence-electron chi connectivity index (χ4n) is 3.22. The van der Waals surface area contributed by atoms with Gasteiger partial charge in [-0.25, -0.2) is 0 Å². The van der Waals surface area contributed by atoms with Crippen LogP contribution in [0.4, 0.5) is 0 Å². The number of ether oxygens (including phenoxy) is 4. The van der Waals surface area contributed by atoms with Crippen molar-refractivity contribution in [3.63, 3.8) is 0 Å². The van der Waals surface area contributed by atoms with Crippen LogP contribution in [0.1, 0.15) is 22.7 Å². The van der Waals surface area contributed by atoms with Gasteiger partial charge in [0.05, 0.1) is 34.5 Å². The molecule has 1 heterocycles. The third-order valence-electron chi connectivity index (χ3n) is 4.45. The van der Waals surface area contributed by atoms with E-state index in [4.69, 9.17) is 18.9 Å². The molecular weight excluding hydrogens is 306 g/mol. The highest BCUT2D eigenvalue weighted by atomic mass is 16.5. The molecule has 5 heteroatoms. The van der Waals surface area contributed by atoms with Gasteiger partial charge in [0, 0.05) is 18.2 Å². The Labute approximate surface area is 142 Å². The highest BCUT2D eigenvalue weighted by Gasteiger charge is 2.26. The molecule has 0 fully saturated rings. The fraction of sp³-hybridized carbons (Fsp3) is 0.368. The Kier molecular flexibility index (Phi) is 4.81. The van der Waals surface area contributed by atoms with Crippen molar-refractivity contribution in [1.82, 2.24) is 5.32 Å². The summed E-state index contributed by atoms with van der Waals surface area (Å²) in [6.45, 7) is 0.891. The van der Waals surface area contributed by atoms with Crippen LogP contribution in [0.25, 0.3) is 0 Å². The number of hydrogen-bond acceptors (Lipinski definition) is 5. The first kappa shape index (κ1) is 16.5. The van der Waals surface area contributed by atoms with Crippen LogP contribution in [0.15, 0.2) is 30.3 Å². The summed E-state index contributed by atoms with van der Waals surface area (Å²) >= 11 is 0. The van der Waals surface area contributed by atoms with E-state index in [0.717, 1.165) is 30.0 Å². The summed E-state index contributed by atoms with van der Waals surface area (Å²) in [6, 6.07) is 10.1. The van der Waals surface area contributed by atoms with E-state index < -0.39 is 0 Å². The molecule has 5 nitrogen and oxygen atoms in total. The minimum atomic E-state index is 0.0365.